The fourth-order valence-electron chi connectivity index (χ4n) is 1.04. The highest BCUT2D eigenvalue weighted by Crippen LogP contribution is 2.15. The molecule has 0 fully saturated rings. The zero-order valence-corrected chi connectivity index (χ0v) is 6.42. The predicted molar refractivity (Wildman–Crippen MR) is 40.8 cm³/mol. The molecule has 1 heterocycles. The Bertz CT molecular complexity index is 165. The van der Waals surface area contributed by atoms with Crippen LogP contribution in [0.2, 0.25) is 0 Å². The van der Waals surface area contributed by atoms with Gasteiger partial charge in [-0.15, -0.1) is 0 Å². The van der Waals surface area contributed by atoms with E-state index >= 15 is 0 Å². The Morgan fingerprint density at radius 2 is 2.50 bits per heavy atom. The molecule has 1 aromatic heterocycles. The van der Waals surface area contributed by atoms with Gasteiger partial charge in [0, 0.05) is 0 Å². The van der Waals surface area contributed by atoms with Crippen LogP contribution in [0, 0.1) is 0 Å². The van der Waals surface area contributed by atoms with Crippen molar-refractivity contribution in [1.29, 1.82) is 0 Å². The molecule has 2 nitrogen and oxygen atoms in total. The van der Waals surface area contributed by atoms with Crippen LogP contribution < -0.4 is 5.32 Å². The molecule has 1 N–H and O–H groups in total. The molecule has 0 bridgehead atoms. The van der Waals surface area contributed by atoms with Crippen molar-refractivity contribution < 1.29 is 4.42 Å². The van der Waals surface area contributed by atoms with Gasteiger partial charge in [-0.1, -0.05) is 6.92 Å². The summed E-state index contributed by atoms with van der Waals surface area (Å²) in [5.41, 5.74) is 0. The molecule has 2 heteroatoms. The van der Waals surface area contributed by atoms with E-state index in [4.69, 9.17) is 4.42 Å². The minimum absolute atomic E-state index is 0.370. The lowest BCUT2D eigenvalue weighted by atomic mass is 10.2. The van der Waals surface area contributed by atoms with Gasteiger partial charge in [-0.05, 0) is 25.6 Å². The molecule has 0 amide bonds. The van der Waals surface area contributed by atoms with Gasteiger partial charge in [0.15, 0.2) is 0 Å². The fraction of sp³-hybridized carbons (Fsp3) is 0.500. The number of rotatable bonds is 3. The van der Waals surface area contributed by atoms with Gasteiger partial charge in [0.25, 0.3) is 0 Å². The quantitative estimate of drug-likeness (QED) is 0.692. The summed E-state index contributed by atoms with van der Waals surface area (Å²) in [4.78, 5) is 0. The monoisotopic (exact) mass is 139 g/mol. The topological polar surface area (TPSA) is 25.2 Å². The molecule has 10 heavy (non-hydrogen) atoms. The zero-order chi connectivity index (χ0) is 7.40. The molecule has 0 saturated heterocycles. The van der Waals surface area contributed by atoms with Crippen LogP contribution >= 0.6 is 0 Å². The second kappa shape index (κ2) is 3.42. The lowest BCUT2D eigenvalue weighted by Crippen LogP contribution is -2.14. The van der Waals surface area contributed by atoms with E-state index in [0.717, 1.165) is 12.2 Å². The third kappa shape index (κ3) is 1.39. The van der Waals surface area contributed by atoms with Crippen LogP contribution in [0.15, 0.2) is 22.8 Å². The number of hydrogen-bond donors (Lipinski definition) is 1. The molecule has 0 aliphatic rings. The van der Waals surface area contributed by atoms with Crippen LogP contribution in [0.25, 0.3) is 0 Å². The van der Waals surface area contributed by atoms with E-state index in [2.05, 4.69) is 12.2 Å². The predicted octanol–water partition coefficient (Wildman–Crippen LogP) is 1.95. The molecule has 56 valence electrons. The van der Waals surface area contributed by atoms with Crippen molar-refractivity contribution in [2.75, 3.05) is 7.05 Å². The minimum Gasteiger partial charge on any atom is -0.468 e. The number of hydrogen-bond acceptors (Lipinski definition) is 2. The first-order chi connectivity index (χ1) is 4.88. The summed E-state index contributed by atoms with van der Waals surface area (Å²) in [6.45, 7) is 2.13. The smallest absolute Gasteiger partial charge is 0.120 e. The second-order valence-corrected chi connectivity index (χ2v) is 2.26. The normalized spacial score (nSPS) is 13.4. The van der Waals surface area contributed by atoms with Crippen LogP contribution in [0.3, 0.4) is 0 Å². The van der Waals surface area contributed by atoms with Crippen molar-refractivity contribution in [3.8, 4) is 0 Å². The molecule has 1 rings (SSSR count). The van der Waals surface area contributed by atoms with E-state index in [9.17, 15) is 0 Å². The van der Waals surface area contributed by atoms with Crippen molar-refractivity contribution >= 4 is 0 Å². The van der Waals surface area contributed by atoms with E-state index in [1.807, 2.05) is 19.2 Å². The molecule has 0 aromatic carbocycles. The summed E-state index contributed by atoms with van der Waals surface area (Å²) in [5, 5.41) is 3.16. The summed E-state index contributed by atoms with van der Waals surface area (Å²) in [7, 11) is 1.94. The Labute approximate surface area is 61.2 Å². The molecular weight excluding hydrogens is 126 g/mol. The highest BCUT2D eigenvalue weighted by Gasteiger charge is 2.07. The Balaban J connectivity index is 2.64. The SMILES string of the molecule is CC[C@H](NC)c1ccco1. The highest BCUT2D eigenvalue weighted by atomic mass is 16.3. The van der Waals surface area contributed by atoms with E-state index < -0.39 is 0 Å². The van der Waals surface area contributed by atoms with Gasteiger partial charge >= 0.3 is 0 Å². The summed E-state index contributed by atoms with van der Waals surface area (Å²) in [5.74, 6) is 1.02. The van der Waals surface area contributed by atoms with Crippen molar-refractivity contribution in [1.82, 2.24) is 5.32 Å². The Morgan fingerprint density at radius 1 is 1.70 bits per heavy atom. The first kappa shape index (κ1) is 7.35. The van der Waals surface area contributed by atoms with Gasteiger partial charge in [-0.2, -0.15) is 0 Å². The molecule has 1 aromatic rings. The molecule has 0 saturated carbocycles. The largest absolute Gasteiger partial charge is 0.468 e. The van der Waals surface area contributed by atoms with Crippen molar-refractivity contribution in [2.24, 2.45) is 0 Å². The Kier molecular flexibility index (Phi) is 2.51. The van der Waals surface area contributed by atoms with Crippen LogP contribution in [-0.4, -0.2) is 7.05 Å². The van der Waals surface area contributed by atoms with Crippen molar-refractivity contribution in [3.63, 3.8) is 0 Å². The van der Waals surface area contributed by atoms with E-state index in [1.54, 1.807) is 6.26 Å². The van der Waals surface area contributed by atoms with Crippen LogP contribution in [0.5, 0.6) is 0 Å². The Hall–Kier alpha value is -0.760. The molecule has 0 aliphatic carbocycles. The lowest BCUT2D eigenvalue weighted by Gasteiger charge is -2.08. The van der Waals surface area contributed by atoms with Gasteiger partial charge in [-0.25, -0.2) is 0 Å². The molecule has 1 atom stereocenters. The third-order valence-corrected chi connectivity index (χ3v) is 1.64. The van der Waals surface area contributed by atoms with Gasteiger partial charge in [0.2, 0.25) is 0 Å². The van der Waals surface area contributed by atoms with E-state index in [-0.39, 0.29) is 0 Å². The average Bonchev–Trinajstić information content (AvgIpc) is 2.43. The molecular formula is C8H13NO. The van der Waals surface area contributed by atoms with Gasteiger partial charge in [0.1, 0.15) is 5.76 Å². The van der Waals surface area contributed by atoms with Crippen LogP contribution in [-0.2, 0) is 0 Å². The van der Waals surface area contributed by atoms with Crippen molar-refractivity contribution in [3.05, 3.63) is 24.2 Å². The number of furan rings is 1. The van der Waals surface area contributed by atoms with Crippen molar-refractivity contribution in [2.45, 2.75) is 19.4 Å². The van der Waals surface area contributed by atoms with Crippen LogP contribution in [0.4, 0.5) is 0 Å². The van der Waals surface area contributed by atoms with E-state index in [0.29, 0.717) is 6.04 Å². The third-order valence-electron chi connectivity index (χ3n) is 1.64. The summed E-state index contributed by atoms with van der Waals surface area (Å²) in [6, 6.07) is 4.27. The molecule has 0 unspecified atom stereocenters. The average molecular weight is 139 g/mol. The first-order valence-corrected chi connectivity index (χ1v) is 3.59. The molecule has 0 spiro atoms. The van der Waals surface area contributed by atoms with E-state index in [1.165, 1.54) is 0 Å². The summed E-state index contributed by atoms with van der Waals surface area (Å²) >= 11 is 0. The van der Waals surface area contributed by atoms with Gasteiger partial charge in [0.05, 0.1) is 12.3 Å². The highest BCUT2D eigenvalue weighted by molar-refractivity contribution is 5.03. The summed E-state index contributed by atoms with van der Waals surface area (Å²) in [6.07, 6.45) is 2.76. The summed E-state index contributed by atoms with van der Waals surface area (Å²) < 4.78 is 5.21. The van der Waals surface area contributed by atoms with Gasteiger partial charge < -0.3 is 9.73 Å². The number of nitrogens with one attached hydrogen (secondary N) is 1. The second-order valence-electron chi connectivity index (χ2n) is 2.26. The molecule has 0 aliphatic heterocycles. The minimum atomic E-state index is 0.370. The first-order valence-electron chi connectivity index (χ1n) is 3.59. The van der Waals surface area contributed by atoms with Crippen LogP contribution in [0.1, 0.15) is 25.1 Å². The maximum Gasteiger partial charge on any atom is 0.120 e. The lowest BCUT2D eigenvalue weighted by molar-refractivity contribution is 0.424. The fourth-order valence-corrected chi connectivity index (χ4v) is 1.04. The molecule has 0 radical (unpaired) electrons. The zero-order valence-electron chi connectivity index (χ0n) is 6.42. The maximum absolute atomic E-state index is 5.21. The maximum atomic E-state index is 5.21. The standard InChI is InChI=1S/C8H13NO/c1-3-7(9-2)8-5-4-6-10-8/h4-7,9H,3H2,1-2H3/t7-/m0/s1. The Morgan fingerprint density at radius 3 is 2.90 bits per heavy atom. The van der Waals surface area contributed by atoms with Gasteiger partial charge in [-0.3, -0.25) is 0 Å².